The van der Waals surface area contributed by atoms with Gasteiger partial charge in [-0.05, 0) is 91.1 Å². The smallest absolute Gasteiger partial charge is 0.335 e. The van der Waals surface area contributed by atoms with Gasteiger partial charge in [0.25, 0.3) is 0 Å². The highest BCUT2D eigenvalue weighted by molar-refractivity contribution is 5.91. The summed E-state index contributed by atoms with van der Waals surface area (Å²) in [5, 5.41) is 12.7. The zero-order chi connectivity index (χ0) is 24.8. The van der Waals surface area contributed by atoms with Crippen molar-refractivity contribution in [1.82, 2.24) is 5.32 Å². The third-order valence-electron chi connectivity index (χ3n) is 6.97. The molecule has 0 heterocycles. The van der Waals surface area contributed by atoms with E-state index in [4.69, 9.17) is 11.5 Å². The molecule has 3 aromatic carbocycles. The van der Waals surface area contributed by atoms with Gasteiger partial charge in [0.1, 0.15) is 0 Å². The average molecular weight is 472 g/mol. The number of nitrogen functional groups attached to an aromatic ring is 1. The second kappa shape index (κ2) is 11.2. The zero-order valence-corrected chi connectivity index (χ0v) is 19.8. The summed E-state index contributed by atoms with van der Waals surface area (Å²) in [6.45, 7) is 0.686. The number of carboxylic acid groups (broad SMARTS) is 1. The molecule has 0 radical (unpaired) electrons. The quantitative estimate of drug-likeness (QED) is 0.352. The van der Waals surface area contributed by atoms with Crippen molar-refractivity contribution in [3.8, 4) is 11.1 Å². The summed E-state index contributed by atoms with van der Waals surface area (Å²) >= 11 is 0. The fraction of sp³-hybridized carbons (Fsp3) is 0.310. The van der Waals surface area contributed by atoms with E-state index in [2.05, 4.69) is 17.4 Å². The van der Waals surface area contributed by atoms with Crippen LogP contribution in [-0.2, 0) is 11.2 Å². The zero-order valence-electron chi connectivity index (χ0n) is 19.8. The van der Waals surface area contributed by atoms with Gasteiger partial charge in [0.2, 0.25) is 5.91 Å². The molecule has 0 spiro atoms. The van der Waals surface area contributed by atoms with Gasteiger partial charge in [0.15, 0.2) is 0 Å². The van der Waals surface area contributed by atoms with Crippen molar-refractivity contribution in [1.29, 1.82) is 0 Å². The van der Waals surface area contributed by atoms with Crippen molar-refractivity contribution < 1.29 is 14.7 Å². The molecule has 35 heavy (non-hydrogen) atoms. The Balaban J connectivity index is 1.61. The molecule has 3 aromatic rings. The molecular formula is C29H33N3O3. The third-order valence-corrected chi connectivity index (χ3v) is 6.97. The summed E-state index contributed by atoms with van der Waals surface area (Å²) in [6.07, 6.45) is 4.38. The minimum atomic E-state index is -1.02. The predicted molar refractivity (Wildman–Crippen MR) is 139 cm³/mol. The number of aromatic carboxylic acids is 1. The fourth-order valence-electron chi connectivity index (χ4n) is 4.93. The maximum atomic E-state index is 13.3. The Hall–Kier alpha value is -3.64. The molecule has 0 aliphatic heterocycles. The second-order valence-electron chi connectivity index (χ2n) is 9.48. The van der Waals surface area contributed by atoms with Crippen molar-refractivity contribution in [2.24, 2.45) is 17.6 Å². The molecule has 1 unspecified atom stereocenters. The standard InChI is InChI=1S/C29H33N3O3/c30-18-20-9-11-21(12-10-20)28(33)32-27(13-19-5-2-1-3-6-19)23-8-4-7-22(14-23)24-15-25(29(34)35)17-26(31)16-24/h1-8,14-17,20-21,27H,9-13,18,30-31H2,(H,32,33)(H,34,35). The molecule has 6 N–H and O–H groups in total. The Morgan fingerprint density at radius 3 is 2.34 bits per heavy atom. The first kappa shape index (κ1) is 24.5. The number of anilines is 1. The van der Waals surface area contributed by atoms with Gasteiger partial charge in [-0.2, -0.15) is 0 Å². The molecule has 0 bridgehead atoms. The molecule has 0 saturated heterocycles. The van der Waals surface area contributed by atoms with E-state index < -0.39 is 5.97 Å². The molecule has 1 saturated carbocycles. The largest absolute Gasteiger partial charge is 0.478 e. The summed E-state index contributed by atoms with van der Waals surface area (Å²) < 4.78 is 0. The van der Waals surface area contributed by atoms with Crippen LogP contribution in [0.2, 0.25) is 0 Å². The Bertz CT molecular complexity index is 1170. The fourth-order valence-corrected chi connectivity index (χ4v) is 4.93. The number of carboxylic acids is 1. The normalized spacial score (nSPS) is 18.5. The van der Waals surface area contributed by atoms with Gasteiger partial charge in [-0.25, -0.2) is 4.79 Å². The van der Waals surface area contributed by atoms with Crippen LogP contribution in [0.5, 0.6) is 0 Å². The lowest BCUT2D eigenvalue weighted by atomic mass is 9.81. The Kier molecular flexibility index (Phi) is 7.83. The molecule has 6 heteroatoms. The third kappa shape index (κ3) is 6.28. The lowest BCUT2D eigenvalue weighted by Gasteiger charge is -2.29. The number of rotatable bonds is 8. The topological polar surface area (TPSA) is 118 Å². The molecule has 6 nitrogen and oxygen atoms in total. The number of amides is 1. The molecule has 182 valence electrons. The summed E-state index contributed by atoms with van der Waals surface area (Å²) in [7, 11) is 0. The van der Waals surface area contributed by atoms with Crippen LogP contribution in [0.15, 0.2) is 72.8 Å². The maximum Gasteiger partial charge on any atom is 0.335 e. The van der Waals surface area contributed by atoms with E-state index in [0.29, 0.717) is 24.6 Å². The molecule has 1 fully saturated rings. The Morgan fingerprint density at radius 1 is 0.914 bits per heavy atom. The van der Waals surface area contributed by atoms with E-state index in [0.717, 1.165) is 47.9 Å². The minimum absolute atomic E-state index is 0.00584. The summed E-state index contributed by atoms with van der Waals surface area (Å²) in [5.74, 6) is -0.409. The van der Waals surface area contributed by atoms with Crippen molar-refractivity contribution in [2.45, 2.75) is 38.1 Å². The molecule has 4 rings (SSSR count). The highest BCUT2D eigenvalue weighted by Crippen LogP contribution is 2.31. The highest BCUT2D eigenvalue weighted by atomic mass is 16.4. The number of carbonyl (C=O) groups excluding carboxylic acids is 1. The molecule has 1 atom stereocenters. The summed E-state index contributed by atoms with van der Waals surface area (Å²) in [5.41, 5.74) is 16.0. The number of carbonyl (C=O) groups is 2. The highest BCUT2D eigenvalue weighted by Gasteiger charge is 2.27. The number of benzene rings is 3. The summed E-state index contributed by atoms with van der Waals surface area (Å²) in [6, 6.07) is 22.6. The van der Waals surface area contributed by atoms with Gasteiger partial charge < -0.3 is 21.9 Å². The first-order valence-electron chi connectivity index (χ1n) is 12.2. The first-order valence-corrected chi connectivity index (χ1v) is 12.2. The van der Waals surface area contributed by atoms with Crippen LogP contribution in [-0.4, -0.2) is 23.5 Å². The SMILES string of the molecule is NCC1CCC(C(=O)NC(Cc2ccccc2)c2cccc(-c3cc(N)cc(C(=O)O)c3)c2)CC1. The molecule has 0 aromatic heterocycles. The monoisotopic (exact) mass is 471 g/mol. The van der Waals surface area contributed by atoms with Crippen LogP contribution >= 0.6 is 0 Å². The van der Waals surface area contributed by atoms with Crippen LogP contribution in [0.4, 0.5) is 5.69 Å². The van der Waals surface area contributed by atoms with Crippen molar-refractivity contribution >= 4 is 17.6 Å². The average Bonchev–Trinajstić information content (AvgIpc) is 2.88. The Morgan fingerprint density at radius 2 is 1.66 bits per heavy atom. The van der Waals surface area contributed by atoms with E-state index in [-0.39, 0.29) is 23.4 Å². The molecule has 1 aliphatic carbocycles. The van der Waals surface area contributed by atoms with E-state index >= 15 is 0 Å². The van der Waals surface area contributed by atoms with Crippen LogP contribution in [0.3, 0.4) is 0 Å². The second-order valence-corrected chi connectivity index (χ2v) is 9.48. The first-order chi connectivity index (χ1) is 16.9. The van der Waals surface area contributed by atoms with Gasteiger partial charge in [0.05, 0.1) is 11.6 Å². The van der Waals surface area contributed by atoms with Crippen LogP contribution < -0.4 is 16.8 Å². The van der Waals surface area contributed by atoms with Gasteiger partial charge >= 0.3 is 5.97 Å². The number of hydrogen-bond donors (Lipinski definition) is 4. The van der Waals surface area contributed by atoms with E-state index in [1.807, 2.05) is 42.5 Å². The number of hydrogen-bond acceptors (Lipinski definition) is 4. The van der Waals surface area contributed by atoms with Crippen LogP contribution in [0, 0.1) is 11.8 Å². The van der Waals surface area contributed by atoms with E-state index in [1.165, 1.54) is 6.07 Å². The molecular weight excluding hydrogens is 438 g/mol. The maximum absolute atomic E-state index is 13.3. The lowest BCUT2D eigenvalue weighted by Crippen LogP contribution is -2.37. The molecule has 1 amide bonds. The van der Waals surface area contributed by atoms with Crippen molar-refractivity contribution in [3.05, 3.63) is 89.5 Å². The van der Waals surface area contributed by atoms with Gasteiger partial charge in [-0.15, -0.1) is 0 Å². The summed E-state index contributed by atoms with van der Waals surface area (Å²) in [4.78, 5) is 24.8. The van der Waals surface area contributed by atoms with Gasteiger partial charge in [0, 0.05) is 11.6 Å². The van der Waals surface area contributed by atoms with E-state index in [1.54, 1.807) is 12.1 Å². The van der Waals surface area contributed by atoms with Crippen molar-refractivity contribution in [2.75, 3.05) is 12.3 Å². The minimum Gasteiger partial charge on any atom is -0.478 e. The predicted octanol–water partition coefficient (Wildman–Crippen LogP) is 4.80. The Labute approximate surface area is 206 Å². The van der Waals surface area contributed by atoms with Crippen LogP contribution in [0.1, 0.15) is 53.2 Å². The lowest BCUT2D eigenvalue weighted by molar-refractivity contribution is -0.127. The van der Waals surface area contributed by atoms with Crippen molar-refractivity contribution in [3.63, 3.8) is 0 Å². The number of nitrogens with two attached hydrogens (primary N) is 2. The van der Waals surface area contributed by atoms with Gasteiger partial charge in [-0.1, -0.05) is 48.5 Å². The van der Waals surface area contributed by atoms with Gasteiger partial charge in [-0.3, -0.25) is 4.79 Å². The molecule has 1 aliphatic rings. The van der Waals surface area contributed by atoms with Crippen LogP contribution in [0.25, 0.3) is 11.1 Å². The van der Waals surface area contributed by atoms with E-state index in [9.17, 15) is 14.7 Å². The number of nitrogens with one attached hydrogen (secondary N) is 1.